The molecule has 0 saturated carbocycles. The van der Waals surface area contributed by atoms with Crippen molar-refractivity contribution in [2.75, 3.05) is 19.6 Å². The highest BCUT2D eigenvalue weighted by molar-refractivity contribution is 5.27. The van der Waals surface area contributed by atoms with Crippen molar-refractivity contribution in [3.63, 3.8) is 0 Å². The fourth-order valence-corrected chi connectivity index (χ4v) is 2.76. The molecule has 0 amide bonds. The normalized spacial score (nSPS) is 20.5. The van der Waals surface area contributed by atoms with E-state index < -0.39 is 0 Å². The topological polar surface area (TPSA) is 24.1 Å². The number of benzene rings is 1. The van der Waals surface area contributed by atoms with Gasteiger partial charge in [-0.15, -0.1) is 0 Å². The number of hydrogen-bond donors (Lipinski definition) is 2. The standard InChI is InChI=1S/C17H28N2/c1-14-7-9-15(10-8-14)17(2,3)13-18-12-16-6-4-5-11-19-16/h7-10,16,18-19H,4-6,11-13H2,1-3H3. The number of nitrogens with one attached hydrogen (secondary N) is 2. The van der Waals surface area contributed by atoms with Crippen LogP contribution >= 0.6 is 0 Å². The fraction of sp³-hybridized carbons (Fsp3) is 0.647. The molecule has 19 heavy (non-hydrogen) atoms. The van der Waals surface area contributed by atoms with Crippen molar-refractivity contribution in [1.29, 1.82) is 0 Å². The van der Waals surface area contributed by atoms with Crippen LogP contribution in [0.4, 0.5) is 0 Å². The van der Waals surface area contributed by atoms with Gasteiger partial charge in [0.2, 0.25) is 0 Å². The average Bonchev–Trinajstić information content (AvgIpc) is 2.40. The van der Waals surface area contributed by atoms with Gasteiger partial charge in [0.15, 0.2) is 0 Å². The molecule has 0 aromatic heterocycles. The summed E-state index contributed by atoms with van der Waals surface area (Å²) in [5.41, 5.74) is 2.95. The minimum Gasteiger partial charge on any atom is -0.314 e. The highest BCUT2D eigenvalue weighted by Gasteiger charge is 2.21. The summed E-state index contributed by atoms with van der Waals surface area (Å²) >= 11 is 0. The van der Waals surface area contributed by atoms with Crippen molar-refractivity contribution < 1.29 is 0 Å². The van der Waals surface area contributed by atoms with Crippen LogP contribution in [0.3, 0.4) is 0 Å². The molecule has 1 aromatic rings. The van der Waals surface area contributed by atoms with Crippen molar-refractivity contribution in [1.82, 2.24) is 10.6 Å². The Hall–Kier alpha value is -0.860. The summed E-state index contributed by atoms with van der Waals surface area (Å²) in [5, 5.41) is 7.24. The molecule has 0 bridgehead atoms. The van der Waals surface area contributed by atoms with E-state index in [4.69, 9.17) is 0 Å². The molecule has 1 saturated heterocycles. The van der Waals surface area contributed by atoms with Crippen LogP contribution in [-0.4, -0.2) is 25.7 Å². The van der Waals surface area contributed by atoms with Gasteiger partial charge in [-0.1, -0.05) is 50.1 Å². The van der Waals surface area contributed by atoms with Gasteiger partial charge in [0.05, 0.1) is 0 Å². The Bertz CT molecular complexity index is 375. The second-order valence-electron chi connectivity index (χ2n) is 6.53. The largest absolute Gasteiger partial charge is 0.314 e. The lowest BCUT2D eigenvalue weighted by atomic mass is 9.84. The second-order valence-corrected chi connectivity index (χ2v) is 6.53. The molecule has 2 nitrogen and oxygen atoms in total. The van der Waals surface area contributed by atoms with Crippen LogP contribution in [0, 0.1) is 6.92 Å². The first-order chi connectivity index (χ1) is 9.08. The maximum absolute atomic E-state index is 3.65. The van der Waals surface area contributed by atoms with Crippen molar-refractivity contribution in [2.24, 2.45) is 0 Å². The summed E-state index contributed by atoms with van der Waals surface area (Å²) in [5.74, 6) is 0. The van der Waals surface area contributed by atoms with Gasteiger partial charge in [0.1, 0.15) is 0 Å². The van der Waals surface area contributed by atoms with Crippen LogP contribution < -0.4 is 10.6 Å². The van der Waals surface area contributed by atoms with Gasteiger partial charge in [-0.3, -0.25) is 0 Å². The fourth-order valence-electron chi connectivity index (χ4n) is 2.76. The van der Waals surface area contributed by atoms with Gasteiger partial charge < -0.3 is 10.6 Å². The van der Waals surface area contributed by atoms with Crippen LogP contribution in [-0.2, 0) is 5.41 Å². The van der Waals surface area contributed by atoms with E-state index >= 15 is 0 Å². The van der Waals surface area contributed by atoms with Crippen LogP contribution in [0.2, 0.25) is 0 Å². The molecular formula is C17H28N2. The highest BCUT2D eigenvalue weighted by atomic mass is 15.0. The summed E-state index contributed by atoms with van der Waals surface area (Å²) in [6, 6.07) is 9.60. The van der Waals surface area contributed by atoms with Gasteiger partial charge >= 0.3 is 0 Å². The molecule has 2 heteroatoms. The molecule has 106 valence electrons. The number of piperidine rings is 1. The lowest BCUT2D eigenvalue weighted by molar-refractivity contribution is 0.366. The molecule has 1 fully saturated rings. The van der Waals surface area contributed by atoms with Gasteiger partial charge in [-0.25, -0.2) is 0 Å². The first-order valence-corrected chi connectivity index (χ1v) is 7.59. The summed E-state index contributed by atoms with van der Waals surface area (Å²) in [7, 11) is 0. The van der Waals surface area contributed by atoms with E-state index in [1.54, 1.807) is 0 Å². The van der Waals surface area contributed by atoms with Gasteiger partial charge in [-0.05, 0) is 31.9 Å². The Morgan fingerprint density at radius 3 is 2.58 bits per heavy atom. The minimum absolute atomic E-state index is 0.197. The molecule has 1 aliphatic rings. The smallest absolute Gasteiger partial charge is 0.0192 e. The van der Waals surface area contributed by atoms with Gasteiger partial charge in [-0.2, -0.15) is 0 Å². The van der Waals surface area contributed by atoms with Crippen molar-refractivity contribution in [3.05, 3.63) is 35.4 Å². The molecule has 0 spiro atoms. The van der Waals surface area contributed by atoms with E-state index in [9.17, 15) is 0 Å². The number of aryl methyl sites for hydroxylation is 1. The Labute approximate surface area is 118 Å². The van der Waals surface area contributed by atoms with E-state index in [2.05, 4.69) is 55.7 Å². The number of rotatable bonds is 5. The van der Waals surface area contributed by atoms with E-state index in [0.717, 1.165) is 13.1 Å². The van der Waals surface area contributed by atoms with E-state index in [1.165, 1.54) is 36.9 Å². The second kappa shape index (κ2) is 6.53. The molecule has 1 heterocycles. The molecular weight excluding hydrogens is 232 g/mol. The summed E-state index contributed by atoms with van der Waals surface area (Å²) in [6.07, 6.45) is 4.03. The first kappa shape index (κ1) is 14.5. The zero-order valence-corrected chi connectivity index (χ0v) is 12.6. The summed E-state index contributed by atoms with van der Waals surface area (Å²) < 4.78 is 0. The maximum atomic E-state index is 3.65. The van der Waals surface area contributed by atoms with E-state index in [0.29, 0.717) is 6.04 Å². The molecule has 1 aromatic carbocycles. The van der Waals surface area contributed by atoms with Gasteiger partial charge in [0.25, 0.3) is 0 Å². The van der Waals surface area contributed by atoms with Gasteiger partial charge in [0, 0.05) is 24.5 Å². The van der Waals surface area contributed by atoms with Crippen molar-refractivity contribution in [3.8, 4) is 0 Å². The molecule has 1 aliphatic heterocycles. The Morgan fingerprint density at radius 1 is 1.21 bits per heavy atom. The van der Waals surface area contributed by atoms with E-state index in [-0.39, 0.29) is 5.41 Å². The zero-order chi connectivity index (χ0) is 13.7. The Morgan fingerprint density at radius 2 is 1.95 bits per heavy atom. The molecule has 1 atom stereocenters. The average molecular weight is 260 g/mol. The third kappa shape index (κ3) is 4.32. The molecule has 2 N–H and O–H groups in total. The predicted octanol–water partition coefficient (Wildman–Crippen LogP) is 3.00. The molecule has 0 radical (unpaired) electrons. The number of hydrogen-bond acceptors (Lipinski definition) is 2. The summed E-state index contributed by atoms with van der Waals surface area (Å²) in [4.78, 5) is 0. The van der Waals surface area contributed by atoms with Crippen LogP contribution in [0.1, 0.15) is 44.2 Å². The summed E-state index contributed by atoms with van der Waals surface area (Å²) in [6.45, 7) is 10.1. The van der Waals surface area contributed by atoms with E-state index in [1.807, 2.05) is 0 Å². The third-order valence-corrected chi connectivity index (χ3v) is 4.20. The highest BCUT2D eigenvalue weighted by Crippen LogP contribution is 2.22. The molecule has 0 aliphatic carbocycles. The van der Waals surface area contributed by atoms with Crippen LogP contribution in [0.5, 0.6) is 0 Å². The van der Waals surface area contributed by atoms with Crippen molar-refractivity contribution in [2.45, 2.75) is 51.5 Å². The lowest BCUT2D eigenvalue weighted by Crippen LogP contribution is -2.44. The lowest BCUT2D eigenvalue weighted by Gasteiger charge is -2.29. The zero-order valence-electron chi connectivity index (χ0n) is 12.6. The Kier molecular flexibility index (Phi) is 5.00. The Balaban J connectivity index is 1.81. The van der Waals surface area contributed by atoms with Crippen LogP contribution in [0.25, 0.3) is 0 Å². The third-order valence-electron chi connectivity index (χ3n) is 4.20. The quantitative estimate of drug-likeness (QED) is 0.850. The SMILES string of the molecule is Cc1ccc(C(C)(C)CNCC2CCCCN2)cc1. The van der Waals surface area contributed by atoms with Crippen molar-refractivity contribution >= 4 is 0 Å². The maximum Gasteiger partial charge on any atom is 0.0192 e. The monoisotopic (exact) mass is 260 g/mol. The first-order valence-electron chi connectivity index (χ1n) is 7.59. The molecule has 1 unspecified atom stereocenters. The van der Waals surface area contributed by atoms with Crippen LogP contribution in [0.15, 0.2) is 24.3 Å². The predicted molar refractivity (Wildman–Crippen MR) is 82.7 cm³/mol. The minimum atomic E-state index is 0.197. The molecule has 2 rings (SSSR count).